The molecule has 0 nitrogen and oxygen atoms in total. The van der Waals surface area contributed by atoms with E-state index in [0.29, 0.717) is 0 Å². The molecule has 0 aromatic rings. The molecule has 1 heterocycles. The van der Waals surface area contributed by atoms with Crippen LogP contribution in [0.1, 0.15) is 27.7 Å². The van der Waals surface area contributed by atoms with Crippen LogP contribution >= 0.6 is 8.83 Å². The molecule has 0 bridgehead atoms. The molecule has 0 unspecified atom stereocenters. The van der Waals surface area contributed by atoms with Gasteiger partial charge >= 0.3 is 73.8 Å². The molecule has 56 valence electrons. The van der Waals surface area contributed by atoms with Crippen molar-refractivity contribution >= 4 is 27.9 Å². The van der Waals surface area contributed by atoms with Crippen LogP contribution in [0.4, 0.5) is 0 Å². The van der Waals surface area contributed by atoms with Crippen LogP contribution in [0.3, 0.4) is 0 Å². The van der Waals surface area contributed by atoms with Gasteiger partial charge in [0.05, 0.1) is 0 Å². The Bertz CT molecular complexity index is 201. The van der Waals surface area contributed by atoms with Gasteiger partial charge in [-0.2, -0.15) is 0 Å². The molecule has 0 saturated carbocycles. The van der Waals surface area contributed by atoms with E-state index >= 15 is 0 Å². The number of hydrogen-bond donors (Lipinski definition) is 0. The van der Waals surface area contributed by atoms with E-state index < -0.39 is 19.1 Å². The van der Waals surface area contributed by atoms with E-state index in [1.165, 1.54) is 18.2 Å². The van der Waals surface area contributed by atoms with E-state index in [4.69, 9.17) is 8.83 Å². The normalized spacial score (nSPS) is 21.3. The maximum atomic E-state index is 6.27. The van der Waals surface area contributed by atoms with Gasteiger partial charge in [0.15, 0.2) is 0 Å². The summed E-state index contributed by atoms with van der Waals surface area (Å²) in [4.78, 5) is 0. The molecule has 0 atom stereocenters. The molecular formula is C8H12ClSb. The summed E-state index contributed by atoms with van der Waals surface area (Å²) in [5.74, 6) is 0. The van der Waals surface area contributed by atoms with Gasteiger partial charge in [-0.05, 0) is 0 Å². The van der Waals surface area contributed by atoms with E-state index in [2.05, 4.69) is 27.7 Å². The summed E-state index contributed by atoms with van der Waals surface area (Å²) < 4.78 is 3.00. The number of halogens is 1. The van der Waals surface area contributed by atoms with Crippen molar-refractivity contribution < 1.29 is 0 Å². The third kappa shape index (κ3) is 1.17. The van der Waals surface area contributed by atoms with E-state index in [0.717, 1.165) is 0 Å². The Morgan fingerprint density at radius 2 is 1.20 bits per heavy atom. The van der Waals surface area contributed by atoms with Crippen LogP contribution in [0.25, 0.3) is 0 Å². The van der Waals surface area contributed by atoms with E-state index in [9.17, 15) is 0 Å². The van der Waals surface area contributed by atoms with Gasteiger partial charge in [-0.3, -0.25) is 0 Å². The Balaban J connectivity index is 3.09. The quantitative estimate of drug-likeness (QED) is 0.591. The second-order valence-electron chi connectivity index (χ2n) is 2.70. The molecule has 0 spiro atoms. The first-order chi connectivity index (χ1) is 4.55. The number of allylic oxidation sites excluding steroid dienone is 4. The van der Waals surface area contributed by atoms with Crippen molar-refractivity contribution in [1.82, 2.24) is 0 Å². The zero-order valence-corrected chi connectivity index (χ0v) is 10.1. The molecule has 2 heteroatoms. The van der Waals surface area contributed by atoms with Crippen LogP contribution < -0.4 is 0 Å². The fourth-order valence-corrected chi connectivity index (χ4v) is 6.86. The Morgan fingerprint density at radius 3 is 1.30 bits per heavy atom. The summed E-state index contributed by atoms with van der Waals surface area (Å²) in [6.45, 7) is 8.73. The van der Waals surface area contributed by atoms with E-state index in [-0.39, 0.29) is 0 Å². The monoisotopic (exact) mass is 264 g/mol. The molecule has 0 aromatic carbocycles. The summed E-state index contributed by atoms with van der Waals surface area (Å²) in [6.07, 6.45) is 0. The third-order valence-corrected chi connectivity index (χ3v) is 10.9. The summed E-state index contributed by atoms with van der Waals surface area (Å²) in [5.41, 5.74) is 2.91. The van der Waals surface area contributed by atoms with Gasteiger partial charge in [-0.1, -0.05) is 0 Å². The minimum absolute atomic E-state index is 1.45. The van der Waals surface area contributed by atoms with Gasteiger partial charge in [-0.25, -0.2) is 0 Å². The summed E-state index contributed by atoms with van der Waals surface area (Å²) in [6, 6.07) is 0. The zero-order valence-electron chi connectivity index (χ0n) is 6.83. The van der Waals surface area contributed by atoms with Crippen molar-refractivity contribution in [2.24, 2.45) is 0 Å². The van der Waals surface area contributed by atoms with Crippen LogP contribution in [0.15, 0.2) is 18.2 Å². The standard InChI is InChI=1S/C8H12.ClH.Sb/c1-5-7(3)8(4)6-2;;/h1-4H3;1H;/q;;+1/p-1. The fraction of sp³-hybridized carbons (Fsp3) is 0.500. The van der Waals surface area contributed by atoms with Crippen molar-refractivity contribution in [2.45, 2.75) is 27.7 Å². The van der Waals surface area contributed by atoms with Crippen LogP contribution in [0.5, 0.6) is 0 Å². The Kier molecular flexibility index (Phi) is 2.53. The van der Waals surface area contributed by atoms with Crippen molar-refractivity contribution in [1.29, 1.82) is 0 Å². The number of rotatable bonds is 0. The Hall–Kier alpha value is 0.588. The third-order valence-electron chi connectivity index (χ3n) is 2.24. The molecule has 0 aliphatic carbocycles. The summed E-state index contributed by atoms with van der Waals surface area (Å²) >= 11 is -1.53. The van der Waals surface area contributed by atoms with E-state index in [1.54, 1.807) is 0 Å². The molecule has 0 fully saturated rings. The summed E-state index contributed by atoms with van der Waals surface area (Å²) in [5, 5.41) is 0. The average Bonchev–Trinajstić information content (AvgIpc) is 2.07. The zero-order chi connectivity index (χ0) is 7.89. The summed E-state index contributed by atoms with van der Waals surface area (Å²) in [7, 11) is 6.27. The second kappa shape index (κ2) is 2.91. The van der Waals surface area contributed by atoms with Gasteiger partial charge in [0.25, 0.3) is 0 Å². The van der Waals surface area contributed by atoms with Crippen molar-refractivity contribution in [2.75, 3.05) is 0 Å². The molecule has 0 aromatic heterocycles. The van der Waals surface area contributed by atoms with Gasteiger partial charge < -0.3 is 0 Å². The van der Waals surface area contributed by atoms with Gasteiger partial charge in [0, 0.05) is 0 Å². The Morgan fingerprint density at radius 1 is 0.900 bits per heavy atom. The fourth-order valence-electron chi connectivity index (χ4n) is 1.09. The second-order valence-corrected chi connectivity index (χ2v) is 10.4. The van der Waals surface area contributed by atoms with Crippen LogP contribution in [0.2, 0.25) is 0 Å². The Labute approximate surface area is 73.6 Å². The first-order valence-corrected chi connectivity index (χ1v) is 9.15. The van der Waals surface area contributed by atoms with Crippen LogP contribution in [-0.2, 0) is 0 Å². The number of hydrogen-bond acceptors (Lipinski definition) is 0. The molecule has 1 rings (SSSR count). The molecule has 0 amide bonds. The maximum absolute atomic E-state index is 6.27. The molecular weight excluding hydrogens is 253 g/mol. The predicted molar refractivity (Wildman–Crippen MR) is 48.4 cm³/mol. The van der Waals surface area contributed by atoms with E-state index in [1.807, 2.05) is 0 Å². The predicted octanol–water partition coefficient (Wildman–Crippen LogP) is 2.98. The molecule has 1 aliphatic rings. The van der Waals surface area contributed by atoms with Crippen molar-refractivity contribution in [3.05, 3.63) is 18.2 Å². The topological polar surface area (TPSA) is 0 Å². The first kappa shape index (κ1) is 8.68. The van der Waals surface area contributed by atoms with Crippen LogP contribution in [-0.4, -0.2) is 19.1 Å². The van der Waals surface area contributed by atoms with Gasteiger partial charge in [0.2, 0.25) is 0 Å². The SMILES string of the molecule is CC1=[C](C)[Sb]([Cl])[C](C)=C1C. The van der Waals surface area contributed by atoms with Crippen molar-refractivity contribution in [3.63, 3.8) is 0 Å². The van der Waals surface area contributed by atoms with Crippen LogP contribution in [0, 0.1) is 0 Å². The molecule has 1 aliphatic heterocycles. The average molecular weight is 265 g/mol. The van der Waals surface area contributed by atoms with Crippen molar-refractivity contribution in [3.8, 4) is 0 Å². The molecule has 0 radical (unpaired) electrons. The minimum atomic E-state index is -1.53. The molecule has 0 N–H and O–H groups in total. The van der Waals surface area contributed by atoms with Gasteiger partial charge in [-0.15, -0.1) is 0 Å². The molecule has 0 saturated heterocycles. The molecule has 10 heavy (non-hydrogen) atoms. The first-order valence-electron chi connectivity index (χ1n) is 3.37. The van der Waals surface area contributed by atoms with Gasteiger partial charge in [0.1, 0.15) is 0 Å².